The number of benzene rings is 2. The summed E-state index contributed by atoms with van der Waals surface area (Å²) in [4.78, 5) is 12.0. The molecule has 6 heteroatoms. The average molecular weight is 333 g/mol. The number of carbonyl (C=O) groups is 1. The number of halogens is 1. The van der Waals surface area contributed by atoms with Crippen LogP contribution in [0.5, 0.6) is 17.2 Å². The van der Waals surface area contributed by atoms with E-state index in [1.165, 1.54) is 24.3 Å². The van der Waals surface area contributed by atoms with Gasteiger partial charge in [0.2, 0.25) is 0 Å². The summed E-state index contributed by atoms with van der Waals surface area (Å²) in [5.74, 6) is 1.29. The van der Waals surface area contributed by atoms with Crippen LogP contribution in [0.2, 0.25) is 0 Å². The summed E-state index contributed by atoms with van der Waals surface area (Å²) >= 11 is 0. The maximum Gasteiger partial charge on any atom is 0.260 e. The first kappa shape index (κ1) is 17.6. The van der Waals surface area contributed by atoms with Gasteiger partial charge in [0.25, 0.3) is 5.91 Å². The van der Waals surface area contributed by atoms with Gasteiger partial charge in [-0.25, -0.2) is 4.39 Å². The Bertz CT molecular complexity index is 643. The molecule has 0 saturated carbocycles. The molecule has 128 valence electrons. The van der Waals surface area contributed by atoms with E-state index < -0.39 is 6.10 Å². The lowest BCUT2D eigenvalue weighted by molar-refractivity contribution is -0.127. The third-order valence-corrected chi connectivity index (χ3v) is 3.23. The van der Waals surface area contributed by atoms with Crippen LogP contribution in [0.25, 0.3) is 0 Å². The van der Waals surface area contributed by atoms with Crippen molar-refractivity contribution >= 4 is 5.91 Å². The first-order valence-electron chi connectivity index (χ1n) is 7.55. The Morgan fingerprint density at radius 1 is 1.04 bits per heavy atom. The second-order valence-corrected chi connectivity index (χ2v) is 5.03. The van der Waals surface area contributed by atoms with Crippen LogP contribution < -0.4 is 19.5 Å². The molecule has 0 aliphatic heterocycles. The van der Waals surface area contributed by atoms with Gasteiger partial charge in [0.1, 0.15) is 29.7 Å². The molecule has 0 saturated heterocycles. The molecule has 1 unspecified atom stereocenters. The fourth-order valence-corrected chi connectivity index (χ4v) is 1.93. The monoisotopic (exact) mass is 333 g/mol. The molecule has 0 heterocycles. The summed E-state index contributed by atoms with van der Waals surface area (Å²) in [6, 6.07) is 12.7. The molecule has 0 bridgehead atoms. The van der Waals surface area contributed by atoms with Crippen molar-refractivity contribution in [3.63, 3.8) is 0 Å². The summed E-state index contributed by atoms with van der Waals surface area (Å²) in [5.41, 5.74) is 0. The molecule has 0 radical (unpaired) electrons. The lowest BCUT2D eigenvalue weighted by Gasteiger charge is -2.15. The van der Waals surface area contributed by atoms with E-state index in [-0.39, 0.29) is 18.3 Å². The summed E-state index contributed by atoms with van der Waals surface area (Å²) in [6.45, 7) is 2.28. The number of hydrogen-bond acceptors (Lipinski definition) is 4. The maximum atomic E-state index is 12.8. The minimum absolute atomic E-state index is 0.242. The molecule has 0 aromatic heterocycles. The Morgan fingerprint density at radius 3 is 2.25 bits per heavy atom. The van der Waals surface area contributed by atoms with E-state index in [1.54, 1.807) is 38.3 Å². The quantitative estimate of drug-likeness (QED) is 0.755. The highest BCUT2D eigenvalue weighted by Crippen LogP contribution is 2.18. The zero-order valence-corrected chi connectivity index (χ0v) is 13.6. The lowest BCUT2D eigenvalue weighted by atomic mass is 10.3. The van der Waals surface area contributed by atoms with E-state index in [0.717, 1.165) is 5.75 Å². The second-order valence-electron chi connectivity index (χ2n) is 5.03. The second kappa shape index (κ2) is 8.76. The first-order valence-corrected chi connectivity index (χ1v) is 7.55. The fraction of sp³-hybridized carbons (Fsp3) is 0.278. The van der Waals surface area contributed by atoms with Crippen molar-refractivity contribution in [1.29, 1.82) is 0 Å². The van der Waals surface area contributed by atoms with E-state index in [4.69, 9.17) is 14.2 Å². The molecule has 1 N–H and O–H groups in total. The van der Waals surface area contributed by atoms with Gasteiger partial charge in [-0.05, 0) is 55.5 Å². The summed E-state index contributed by atoms with van der Waals surface area (Å²) in [7, 11) is 1.58. The molecule has 2 aromatic rings. The summed E-state index contributed by atoms with van der Waals surface area (Å²) in [5, 5.41) is 2.72. The van der Waals surface area contributed by atoms with E-state index in [0.29, 0.717) is 18.0 Å². The van der Waals surface area contributed by atoms with Crippen LogP contribution in [0.3, 0.4) is 0 Å². The van der Waals surface area contributed by atoms with Crippen LogP contribution in [-0.2, 0) is 4.79 Å². The topological polar surface area (TPSA) is 56.8 Å². The smallest absolute Gasteiger partial charge is 0.260 e. The standard InChI is InChI=1S/C18H20FNO4/c1-13(24-17-9-7-15(22-2)8-10-17)18(21)20-11-12-23-16-5-3-14(19)4-6-16/h3-10,13H,11-12H2,1-2H3,(H,20,21). The zero-order valence-electron chi connectivity index (χ0n) is 13.6. The summed E-state index contributed by atoms with van der Waals surface area (Å²) in [6.07, 6.45) is -0.635. The van der Waals surface area contributed by atoms with E-state index >= 15 is 0 Å². The van der Waals surface area contributed by atoms with Gasteiger partial charge in [-0.1, -0.05) is 0 Å². The number of ether oxygens (including phenoxy) is 3. The summed E-state index contributed by atoms with van der Waals surface area (Å²) < 4.78 is 28.8. The van der Waals surface area contributed by atoms with Gasteiger partial charge >= 0.3 is 0 Å². The van der Waals surface area contributed by atoms with Crippen molar-refractivity contribution in [2.24, 2.45) is 0 Å². The predicted molar refractivity (Wildman–Crippen MR) is 88.0 cm³/mol. The molecular weight excluding hydrogens is 313 g/mol. The van der Waals surface area contributed by atoms with Crippen LogP contribution >= 0.6 is 0 Å². The van der Waals surface area contributed by atoms with Gasteiger partial charge in [-0.2, -0.15) is 0 Å². The number of methoxy groups -OCH3 is 1. The van der Waals surface area contributed by atoms with Gasteiger partial charge in [-0.15, -0.1) is 0 Å². The number of nitrogens with one attached hydrogen (secondary N) is 1. The normalized spacial score (nSPS) is 11.5. The van der Waals surface area contributed by atoms with Crippen LogP contribution in [0.4, 0.5) is 4.39 Å². The third kappa shape index (κ3) is 5.46. The minimum Gasteiger partial charge on any atom is -0.497 e. The highest BCUT2D eigenvalue weighted by Gasteiger charge is 2.14. The highest BCUT2D eigenvalue weighted by atomic mass is 19.1. The lowest BCUT2D eigenvalue weighted by Crippen LogP contribution is -2.38. The van der Waals surface area contributed by atoms with Gasteiger partial charge in [-0.3, -0.25) is 4.79 Å². The molecule has 24 heavy (non-hydrogen) atoms. The van der Waals surface area contributed by atoms with E-state index in [2.05, 4.69) is 5.32 Å². The van der Waals surface area contributed by atoms with Crippen LogP contribution in [-0.4, -0.2) is 32.3 Å². The minimum atomic E-state index is -0.635. The van der Waals surface area contributed by atoms with Crippen molar-refractivity contribution in [3.8, 4) is 17.2 Å². The van der Waals surface area contributed by atoms with Crippen molar-refractivity contribution < 1.29 is 23.4 Å². The van der Waals surface area contributed by atoms with Crippen LogP contribution in [0.1, 0.15) is 6.92 Å². The Balaban J connectivity index is 1.70. The van der Waals surface area contributed by atoms with Crippen molar-refractivity contribution in [2.75, 3.05) is 20.3 Å². The third-order valence-electron chi connectivity index (χ3n) is 3.23. The van der Waals surface area contributed by atoms with Gasteiger partial charge in [0, 0.05) is 0 Å². The van der Waals surface area contributed by atoms with Gasteiger partial charge in [0.15, 0.2) is 6.10 Å². The molecule has 5 nitrogen and oxygen atoms in total. The van der Waals surface area contributed by atoms with Crippen LogP contribution in [0.15, 0.2) is 48.5 Å². The molecular formula is C18H20FNO4. The van der Waals surface area contributed by atoms with Gasteiger partial charge in [0.05, 0.1) is 13.7 Å². The largest absolute Gasteiger partial charge is 0.497 e. The first-order chi connectivity index (χ1) is 11.6. The molecule has 0 spiro atoms. The molecule has 0 aliphatic carbocycles. The van der Waals surface area contributed by atoms with Gasteiger partial charge < -0.3 is 19.5 Å². The van der Waals surface area contributed by atoms with Crippen molar-refractivity contribution in [1.82, 2.24) is 5.32 Å². The Labute approximate surface area is 140 Å². The number of hydrogen-bond donors (Lipinski definition) is 1. The van der Waals surface area contributed by atoms with Crippen molar-refractivity contribution in [2.45, 2.75) is 13.0 Å². The van der Waals surface area contributed by atoms with Crippen LogP contribution in [0, 0.1) is 5.82 Å². The molecule has 2 rings (SSSR count). The Hall–Kier alpha value is -2.76. The molecule has 0 fully saturated rings. The van der Waals surface area contributed by atoms with E-state index in [9.17, 15) is 9.18 Å². The molecule has 0 aliphatic rings. The molecule has 2 aromatic carbocycles. The Kier molecular flexibility index (Phi) is 6.42. The molecule has 1 amide bonds. The predicted octanol–water partition coefficient (Wildman–Crippen LogP) is 2.80. The SMILES string of the molecule is COc1ccc(OC(C)C(=O)NCCOc2ccc(F)cc2)cc1. The fourth-order valence-electron chi connectivity index (χ4n) is 1.93. The number of carbonyl (C=O) groups excluding carboxylic acids is 1. The highest BCUT2D eigenvalue weighted by molar-refractivity contribution is 5.80. The maximum absolute atomic E-state index is 12.8. The van der Waals surface area contributed by atoms with E-state index in [1.807, 2.05) is 0 Å². The average Bonchev–Trinajstić information content (AvgIpc) is 2.60. The van der Waals surface area contributed by atoms with Crippen molar-refractivity contribution in [3.05, 3.63) is 54.3 Å². The number of rotatable bonds is 8. The zero-order chi connectivity index (χ0) is 17.4. The number of amides is 1. The Morgan fingerprint density at radius 2 is 1.62 bits per heavy atom. The molecule has 1 atom stereocenters.